The van der Waals surface area contributed by atoms with Gasteiger partial charge in [0.05, 0.1) is 11.2 Å². The van der Waals surface area contributed by atoms with E-state index >= 15 is 0 Å². The predicted octanol–water partition coefficient (Wildman–Crippen LogP) is 3.61. The van der Waals surface area contributed by atoms with Gasteiger partial charge in [-0.1, -0.05) is 30.3 Å². The monoisotopic (exact) mass is 416 g/mol. The fourth-order valence-electron chi connectivity index (χ4n) is 4.20. The smallest absolute Gasteiger partial charge is 0.313 e. The number of amides is 2. The zero-order valence-electron chi connectivity index (χ0n) is 18.1. The number of carbonyl (C=O) groups is 2. The van der Waals surface area contributed by atoms with Gasteiger partial charge in [0.1, 0.15) is 0 Å². The van der Waals surface area contributed by atoms with E-state index in [1.165, 1.54) is 23.2 Å². The highest BCUT2D eigenvalue weighted by Crippen LogP contribution is 2.28. The summed E-state index contributed by atoms with van der Waals surface area (Å²) < 4.78 is 0. The summed E-state index contributed by atoms with van der Waals surface area (Å²) >= 11 is 0. The topological polar surface area (TPSA) is 74.3 Å². The summed E-state index contributed by atoms with van der Waals surface area (Å²) in [5, 5.41) is 6.28. The van der Waals surface area contributed by atoms with Crippen molar-refractivity contribution < 1.29 is 9.59 Å². The van der Waals surface area contributed by atoms with E-state index in [-0.39, 0.29) is 0 Å². The van der Waals surface area contributed by atoms with E-state index < -0.39 is 11.8 Å². The molecule has 6 heteroatoms. The Balaban J connectivity index is 1.35. The third-order valence-electron chi connectivity index (χ3n) is 5.74. The molecule has 0 fully saturated rings. The van der Waals surface area contributed by atoms with Gasteiger partial charge in [-0.2, -0.15) is 0 Å². The molecule has 0 atom stereocenters. The van der Waals surface area contributed by atoms with E-state index in [2.05, 4.69) is 45.6 Å². The molecule has 2 heterocycles. The number of hydrogen-bond donors (Lipinski definition) is 2. The Morgan fingerprint density at radius 2 is 1.94 bits per heavy atom. The van der Waals surface area contributed by atoms with Gasteiger partial charge in [-0.05, 0) is 62.4 Å². The Morgan fingerprint density at radius 1 is 1.10 bits per heavy atom. The van der Waals surface area contributed by atoms with Gasteiger partial charge >= 0.3 is 11.8 Å². The van der Waals surface area contributed by atoms with Crippen LogP contribution in [0.25, 0.3) is 10.9 Å². The summed E-state index contributed by atoms with van der Waals surface area (Å²) in [6.45, 7) is 6.59. The molecule has 4 rings (SSSR count). The summed E-state index contributed by atoms with van der Waals surface area (Å²) in [6, 6.07) is 15.8. The van der Waals surface area contributed by atoms with Gasteiger partial charge in [-0.25, -0.2) is 0 Å². The van der Waals surface area contributed by atoms with E-state index in [0.29, 0.717) is 18.7 Å². The van der Waals surface area contributed by atoms with Crippen LogP contribution in [0, 0.1) is 6.92 Å². The number of benzene rings is 2. The van der Waals surface area contributed by atoms with E-state index in [1.54, 1.807) is 6.07 Å². The summed E-state index contributed by atoms with van der Waals surface area (Å²) in [5.41, 5.74) is 6.03. The minimum absolute atomic E-state index is 0.415. The number of fused-ring (bicyclic) bond motifs is 2. The Bertz CT molecular complexity index is 1130. The van der Waals surface area contributed by atoms with Crippen LogP contribution in [0.4, 0.5) is 11.4 Å². The lowest BCUT2D eigenvalue weighted by Crippen LogP contribution is -2.36. The number of nitrogens with zero attached hydrogens (tertiary/aromatic N) is 2. The van der Waals surface area contributed by atoms with Gasteiger partial charge in [0.25, 0.3) is 0 Å². The lowest BCUT2D eigenvalue weighted by atomic mass is 9.98. The molecule has 0 aliphatic carbocycles. The van der Waals surface area contributed by atoms with Crippen molar-refractivity contribution in [1.29, 1.82) is 0 Å². The van der Waals surface area contributed by atoms with Crippen LogP contribution in [0.5, 0.6) is 0 Å². The third-order valence-corrected chi connectivity index (χ3v) is 5.74. The maximum Gasteiger partial charge on any atom is 0.313 e. The van der Waals surface area contributed by atoms with E-state index in [1.807, 2.05) is 31.2 Å². The molecule has 2 amide bonds. The molecule has 31 heavy (non-hydrogen) atoms. The van der Waals surface area contributed by atoms with Crippen molar-refractivity contribution in [3.8, 4) is 0 Å². The standard InChI is InChI=1S/C25H28N4O2/c1-3-29-14-6-7-19-16-18(10-11-23(19)29)12-13-26-24(30)25(31)28-22-15-17(2)27-21-9-5-4-8-20(21)22/h4-5,8-11,15-16H,3,6-7,12-14H2,1-2H3,(H,26,30)(H,27,28,31). The molecule has 0 radical (unpaired) electrons. The second kappa shape index (κ2) is 9.16. The van der Waals surface area contributed by atoms with Crippen LogP contribution < -0.4 is 15.5 Å². The van der Waals surface area contributed by atoms with Gasteiger partial charge in [0.2, 0.25) is 0 Å². The molecular formula is C25H28N4O2. The van der Waals surface area contributed by atoms with Crippen LogP contribution in [-0.2, 0) is 22.4 Å². The molecule has 0 bridgehead atoms. The Hall–Kier alpha value is -3.41. The first-order valence-electron chi connectivity index (χ1n) is 10.9. The molecule has 160 valence electrons. The number of carbonyl (C=O) groups excluding carboxylic acids is 2. The average Bonchev–Trinajstić information content (AvgIpc) is 2.78. The highest BCUT2D eigenvalue weighted by molar-refractivity contribution is 6.40. The number of aromatic nitrogens is 1. The number of para-hydroxylation sites is 1. The molecule has 3 aromatic rings. The minimum atomic E-state index is -0.667. The van der Waals surface area contributed by atoms with Crippen molar-refractivity contribution >= 4 is 34.1 Å². The second-order valence-corrected chi connectivity index (χ2v) is 7.93. The molecule has 0 spiro atoms. The third kappa shape index (κ3) is 4.68. The number of rotatable bonds is 5. The summed E-state index contributed by atoms with van der Waals surface area (Å²) in [5.74, 6) is -1.30. The molecule has 6 nitrogen and oxygen atoms in total. The van der Waals surface area contributed by atoms with Crippen LogP contribution in [0.2, 0.25) is 0 Å². The van der Waals surface area contributed by atoms with Crippen LogP contribution in [0.3, 0.4) is 0 Å². The largest absolute Gasteiger partial charge is 0.372 e. The van der Waals surface area contributed by atoms with E-state index in [0.717, 1.165) is 36.1 Å². The molecule has 1 aromatic heterocycles. The maximum absolute atomic E-state index is 12.4. The van der Waals surface area contributed by atoms with Crippen LogP contribution in [-0.4, -0.2) is 36.4 Å². The summed E-state index contributed by atoms with van der Waals surface area (Å²) in [6.07, 6.45) is 2.95. The summed E-state index contributed by atoms with van der Waals surface area (Å²) in [4.78, 5) is 31.6. The maximum atomic E-state index is 12.4. The van der Waals surface area contributed by atoms with Crippen molar-refractivity contribution in [1.82, 2.24) is 10.3 Å². The Morgan fingerprint density at radius 3 is 2.77 bits per heavy atom. The van der Waals surface area contributed by atoms with Gasteiger partial charge < -0.3 is 15.5 Å². The Labute approximate surface area is 182 Å². The number of pyridine rings is 1. The van der Waals surface area contributed by atoms with Gasteiger partial charge in [0.15, 0.2) is 0 Å². The van der Waals surface area contributed by atoms with Gasteiger partial charge in [0, 0.05) is 36.4 Å². The second-order valence-electron chi connectivity index (χ2n) is 7.93. The van der Waals surface area contributed by atoms with Crippen molar-refractivity contribution in [3.05, 3.63) is 65.4 Å². The van der Waals surface area contributed by atoms with Crippen molar-refractivity contribution in [2.45, 2.75) is 33.1 Å². The normalized spacial score (nSPS) is 13.0. The summed E-state index contributed by atoms with van der Waals surface area (Å²) in [7, 11) is 0. The minimum Gasteiger partial charge on any atom is -0.372 e. The van der Waals surface area contributed by atoms with Gasteiger partial charge in [-0.3, -0.25) is 14.6 Å². The molecule has 0 saturated heterocycles. The SMILES string of the molecule is CCN1CCCc2cc(CCNC(=O)C(=O)Nc3cc(C)nc4ccccc34)ccc21. The first-order chi connectivity index (χ1) is 15.0. The highest BCUT2D eigenvalue weighted by Gasteiger charge is 2.17. The number of nitrogens with one attached hydrogen (secondary N) is 2. The fourth-order valence-corrected chi connectivity index (χ4v) is 4.20. The van der Waals surface area contributed by atoms with Crippen molar-refractivity contribution in [3.63, 3.8) is 0 Å². The van der Waals surface area contributed by atoms with Gasteiger partial charge in [-0.15, -0.1) is 0 Å². The molecule has 0 unspecified atom stereocenters. The lowest BCUT2D eigenvalue weighted by Gasteiger charge is -2.30. The lowest BCUT2D eigenvalue weighted by molar-refractivity contribution is -0.136. The zero-order chi connectivity index (χ0) is 21.8. The van der Waals surface area contributed by atoms with Crippen molar-refractivity contribution in [2.75, 3.05) is 29.9 Å². The number of anilines is 2. The zero-order valence-corrected chi connectivity index (χ0v) is 18.1. The molecule has 0 saturated carbocycles. The molecular weight excluding hydrogens is 388 g/mol. The first-order valence-corrected chi connectivity index (χ1v) is 10.9. The number of hydrogen-bond acceptors (Lipinski definition) is 4. The van der Waals surface area contributed by atoms with Crippen LogP contribution in [0.15, 0.2) is 48.5 Å². The molecule has 2 N–H and O–H groups in total. The molecule has 1 aliphatic heterocycles. The molecule has 1 aliphatic rings. The van der Waals surface area contributed by atoms with E-state index in [4.69, 9.17) is 0 Å². The average molecular weight is 417 g/mol. The van der Waals surface area contributed by atoms with Crippen LogP contribution >= 0.6 is 0 Å². The number of aryl methyl sites for hydroxylation is 2. The van der Waals surface area contributed by atoms with Crippen molar-refractivity contribution in [2.24, 2.45) is 0 Å². The fraction of sp³-hybridized carbons (Fsp3) is 0.320. The van der Waals surface area contributed by atoms with Crippen LogP contribution in [0.1, 0.15) is 30.2 Å². The quantitative estimate of drug-likeness (QED) is 0.623. The predicted molar refractivity (Wildman–Crippen MR) is 124 cm³/mol. The molecule has 2 aromatic carbocycles. The van der Waals surface area contributed by atoms with E-state index in [9.17, 15) is 9.59 Å². The first kappa shape index (κ1) is 20.8. The highest BCUT2D eigenvalue weighted by atomic mass is 16.2. The Kier molecular flexibility index (Phi) is 6.16.